The molecule has 0 saturated carbocycles. The van der Waals surface area contributed by atoms with Gasteiger partial charge in [0.05, 0.1) is 0 Å². The van der Waals surface area contributed by atoms with Crippen LogP contribution < -0.4 is 0 Å². The van der Waals surface area contributed by atoms with Crippen molar-refractivity contribution >= 4 is 12.1 Å². The Bertz CT molecular complexity index is 687. The number of hydrogen-bond donors (Lipinski definition) is 0. The third-order valence-corrected chi connectivity index (χ3v) is 3.74. The second-order valence-corrected chi connectivity index (χ2v) is 5.32. The maximum absolute atomic E-state index is 12.4. The van der Waals surface area contributed by atoms with E-state index in [0.29, 0.717) is 0 Å². The van der Waals surface area contributed by atoms with Gasteiger partial charge in [0.2, 0.25) is 6.23 Å². The fourth-order valence-corrected chi connectivity index (χ4v) is 2.48. The van der Waals surface area contributed by atoms with Crippen molar-refractivity contribution in [2.45, 2.75) is 25.8 Å². The molecule has 5 heteroatoms. The topological polar surface area (TPSA) is 55.8 Å². The molecule has 3 rings (SSSR count). The average molecular weight is 311 g/mol. The van der Waals surface area contributed by atoms with Gasteiger partial charge in [-0.15, -0.1) is 0 Å². The monoisotopic (exact) mass is 311 g/mol. The van der Waals surface area contributed by atoms with E-state index in [-0.39, 0.29) is 6.61 Å². The molecule has 1 heterocycles. The fourth-order valence-electron chi connectivity index (χ4n) is 2.48. The van der Waals surface area contributed by atoms with E-state index in [1.54, 1.807) is 6.92 Å². The van der Waals surface area contributed by atoms with Crippen LogP contribution in [-0.4, -0.2) is 23.0 Å². The van der Waals surface area contributed by atoms with Gasteiger partial charge < -0.3 is 9.47 Å². The second-order valence-electron chi connectivity index (χ2n) is 5.32. The molecule has 0 spiro atoms. The minimum atomic E-state index is -0.748. The van der Waals surface area contributed by atoms with E-state index in [1.807, 2.05) is 60.7 Å². The third-order valence-electron chi connectivity index (χ3n) is 3.74. The number of carbonyl (C=O) groups excluding carboxylic acids is 2. The summed E-state index contributed by atoms with van der Waals surface area (Å²) in [6.07, 6.45) is -1.32. The molecule has 0 bridgehead atoms. The van der Waals surface area contributed by atoms with E-state index >= 15 is 0 Å². The maximum Gasteiger partial charge on any atom is 0.414 e. The van der Waals surface area contributed by atoms with E-state index in [9.17, 15) is 9.59 Å². The number of nitrogens with zero attached hydrogens (tertiary/aromatic N) is 1. The van der Waals surface area contributed by atoms with Crippen molar-refractivity contribution in [1.29, 1.82) is 0 Å². The lowest BCUT2D eigenvalue weighted by molar-refractivity contribution is -0.142. The van der Waals surface area contributed by atoms with Crippen molar-refractivity contribution in [1.82, 2.24) is 4.90 Å². The highest BCUT2D eigenvalue weighted by atomic mass is 16.6. The first-order chi connectivity index (χ1) is 11.2. The quantitative estimate of drug-likeness (QED) is 0.816. The Labute approximate surface area is 134 Å². The molecule has 1 fully saturated rings. The van der Waals surface area contributed by atoms with Crippen LogP contribution in [0.2, 0.25) is 0 Å². The highest BCUT2D eigenvalue weighted by Crippen LogP contribution is 2.32. The molecule has 1 aliphatic rings. The number of carbonyl (C=O) groups is 2. The molecule has 0 radical (unpaired) electrons. The minimum Gasteiger partial charge on any atom is -0.444 e. The molecule has 2 atom stereocenters. The second kappa shape index (κ2) is 6.52. The highest BCUT2D eigenvalue weighted by molar-refractivity contribution is 5.84. The van der Waals surface area contributed by atoms with E-state index in [1.165, 1.54) is 4.90 Å². The summed E-state index contributed by atoms with van der Waals surface area (Å²) < 4.78 is 10.7. The first kappa shape index (κ1) is 15.1. The van der Waals surface area contributed by atoms with E-state index in [0.717, 1.165) is 11.1 Å². The van der Waals surface area contributed by atoms with Gasteiger partial charge in [0.15, 0.2) is 0 Å². The van der Waals surface area contributed by atoms with Crippen LogP contribution in [0.15, 0.2) is 60.7 Å². The van der Waals surface area contributed by atoms with Gasteiger partial charge in [-0.05, 0) is 12.5 Å². The molecule has 5 nitrogen and oxygen atoms in total. The lowest BCUT2D eigenvalue weighted by Crippen LogP contribution is -2.38. The van der Waals surface area contributed by atoms with E-state index in [4.69, 9.17) is 9.47 Å². The van der Waals surface area contributed by atoms with Crippen molar-refractivity contribution < 1.29 is 19.1 Å². The number of esters is 1. The summed E-state index contributed by atoms with van der Waals surface area (Å²) in [4.78, 5) is 25.6. The summed E-state index contributed by atoms with van der Waals surface area (Å²) in [6, 6.07) is 17.9. The van der Waals surface area contributed by atoms with Gasteiger partial charge in [0, 0.05) is 5.56 Å². The van der Waals surface area contributed by atoms with Gasteiger partial charge in [0.1, 0.15) is 12.6 Å². The van der Waals surface area contributed by atoms with Gasteiger partial charge in [-0.2, -0.15) is 0 Å². The zero-order valence-electron chi connectivity index (χ0n) is 12.7. The van der Waals surface area contributed by atoms with E-state index in [2.05, 4.69) is 0 Å². The van der Waals surface area contributed by atoms with Gasteiger partial charge in [-0.25, -0.2) is 9.59 Å². The van der Waals surface area contributed by atoms with Crippen LogP contribution in [-0.2, 0) is 20.9 Å². The minimum absolute atomic E-state index is 0.151. The Balaban J connectivity index is 1.75. The molecule has 1 saturated heterocycles. The molecule has 1 aliphatic heterocycles. The lowest BCUT2D eigenvalue weighted by atomic mass is 10.2. The average Bonchev–Trinajstić information content (AvgIpc) is 2.90. The van der Waals surface area contributed by atoms with Gasteiger partial charge in [-0.1, -0.05) is 60.7 Å². The molecular formula is C18H17NO4. The SMILES string of the molecule is CC1C(=O)O[C@H](c2ccccc2)N1C(=O)OCc1ccccc1. The molecule has 2 aromatic carbocycles. The molecule has 0 aromatic heterocycles. The Morgan fingerprint density at radius 1 is 1.09 bits per heavy atom. The number of hydrogen-bond acceptors (Lipinski definition) is 4. The maximum atomic E-state index is 12.4. The highest BCUT2D eigenvalue weighted by Gasteiger charge is 2.44. The molecule has 23 heavy (non-hydrogen) atoms. The molecule has 0 N–H and O–H groups in total. The number of cyclic esters (lactones) is 1. The molecule has 118 valence electrons. The van der Waals surface area contributed by atoms with Crippen molar-refractivity contribution in [2.75, 3.05) is 0 Å². The van der Waals surface area contributed by atoms with Crippen LogP contribution in [0.3, 0.4) is 0 Å². The molecule has 1 amide bonds. The zero-order chi connectivity index (χ0) is 16.2. The molecule has 1 unspecified atom stereocenters. The van der Waals surface area contributed by atoms with Crippen molar-refractivity contribution in [2.24, 2.45) is 0 Å². The summed E-state index contributed by atoms with van der Waals surface area (Å²) in [6.45, 7) is 1.79. The summed E-state index contributed by atoms with van der Waals surface area (Å²) in [5, 5.41) is 0. The predicted octanol–water partition coefficient (Wildman–Crippen LogP) is 3.27. The van der Waals surface area contributed by atoms with Gasteiger partial charge in [0.25, 0.3) is 0 Å². The van der Waals surface area contributed by atoms with Crippen molar-refractivity contribution in [3.05, 3.63) is 71.8 Å². The lowest BCUT2D eigenvalue weighted by Gasteiger charge is -2.24. The zero-order valence-corrected chi connectivity index (χ0v) is 12.7. The predicted molar refractivity (Wildman–Crippen MR) is 83.2 cm³/mol. The van der Waals surface area contributed by atoms with Gasteiger partial charge in [-0.3, -0.25) is 4.90 Å². The molecular weight excluding hydrogens is 294 g/mol. The number of ether oxygens (including phenoxy) is 2. The largest absolute Gasteiger partial charge is 0.444 e. The molecule has 2 aromatic rings. The van der Waals surface area contributed by atoms with Crippen LogP contribution in [0, 0.1) is 0 Å². The first-order valence-corrected chi connectivity index (χ1v) is 7.41. The van der Waals surface area contributed by atoms with Crippen LogP contribution in [0.4, 0.5) is 4.79 Å². The fraction of sp³-hybridized carbons (Fsp3) is 0.222. The Morgan fingerprint density at radius 3 is 2.35 bits per heavy atom. The Morgan fingerprint density at radius 2 is 1.70 bits per heavy atom. The summed E-state index contributed by atoms with van der Waals surface area (Å²) in [7, 11) is 0. The Kier molecular flexibility index (Phi) is 4.28. The first-order valence-electron chi connectivity index (χ1n) is 7.41. The number of rotatable bonds is 3. The van der Waals surface area contributed by atoms with Crippen LogP contribution in [0.25, 0.3) is 0 Å². The van der Waals surface area contributed by atoms with Crippen molar-refractivity contribution in [3.8, 4) is 0 Å². The third kappa shape index (κ3) is 3.18. The smallest absolute Gasteiger partial charge is 0.414 e. The van der Waals surface area contributed by atoms with Crippen molar-refractivity contribution in [3.63, 3.8) is 0 Å². The van der Waals surface area contributed by atoms with Crippen LogP contribution >= 0.6 is 0 Å². The summed E-state index contributed by atoms with van der Waals surface area (Å²) >= 11 is 0. The van der Waals surface area contributed by atoms with E-state index < -0.39 is 24.3 Å². The Hall–Kier alpha value is -2.82. The normalized spacial score (nSPS) is 20.2. The van der Waals surface area contributed by atoms with Crippen LogP contribution in [0.1, 0.15) is 24.3 Å². The molecule has 0 aliphatic carbocycles. The number of amides is 1. The van der Waals surface area contributed by atoms with Crippen LogP contribution in [0.5, 0.6) is 0 Å². The summed E-state index contributed by atoms with van der Waals surface area (Å²) in [5.41, 5.74) is 1.62. The van der Waals surface area contributed by atoms with Gasteiger partial charge >= 0.3 is 12.1 Å². The summed E-state index contributed by atoms with van der Waals surface area (Å²) in [5.74, 6) is -0.435. The number of benzene rings is 2. The standard InChI is InChI=1S/C18H17NO4/c1-13-17(20)23-16(15-10-6-3-7-11-15)19(13)18(21)22-12-14-8-4-2-5-9-14/h2-11,13,16H,12H2,1H3/t13?,16-/m1/s1.